The molecule has 0 radical (unpaired) electrons. The monoisotopic (exact) mass is 410 g/mol. The van der Waals surface area contributed by atoms with Crippen LogP contribution in [0.1, 0.15) is 19.8 Å². The molecule has 1 heterocycles. The molecule has 0 unspecified atom stereocenters. The minimum Gasteiger partial charge on any atom is -0.324 e. The number of imide groups is 1. The van der Waals surface area contributed by atoms with Gasteiger partial charge >= 0.3 is 0 Å². The molecule has 1 N–H and O–H groups in total. The van der Waals surface area contributed by atoms with E-state index in [1.54, 1.807) is 37.3 Å². The van der Waals surface area contributed by atoms with Crippen LogP contribution in [0.25, 0.3) is 0 Å². The van der Waals surface area contributed by atoms with E-state index < -0.39 is 23.8 Å². The molecule has 0 spiro atoms. The summed E-state index contributed by atoms with van der Waals surface area (Å²) in [5.41, 5.74) is 0.608. The van der Waals surface area contributed by atoms with Gasteiger partial charge in [-0.3, -0.25) is 19.3 Å². The van der Waals surface area contributed by atoms with Crippen molar-refractivity contribution in [2.24, 2.45) is 11.8 Å². The third-order valence-electron chi connectivity index (χ3n) is 4.48. The average Bonchev–Trinajstić information content (AvgIpc) is 2.79. The number of nitrogens with zero attached hydrogens (tertiary/aromatic N) is 1. The van der Waals surface area contributed by atoms with Crippen molar-refractivity contribution in [3.05, 3.63) is 39.8 Å². The second-order valence-electron chi connectivity index (χ2n) is 6.02. The fraction of sp³-hybridized carbons (Fsp3) is 0.353. The van der Waals surface area contributed by atoms with E-state index in [1.165, 1.54) is 0 Å². The van der Waals surface area contributed by atoms with E-state index in [4.69, 9.17) is 11.6 Å². The van der Waals surface area contributed by atoms with Gasteiger partial charge in [-0.15, -0.1) is 0 Å². The van der Waals surface area contributed by atoms with Crippen LogP contribution in [0.3, 0.4) is 0 Å². The van der Waals surface area contributed by atoms with Crippen LogP contribution in [0, 0.1) is 11.8 Å². The summed E-state index contributed by atoms with van der Waals surface area (Å²) in [7, 11) is 0. The smallest absolute Gasteiger partial charge is 0.247 e. The van der Waals surface area contributed by atoms with E-state index in [2.05, 4.69) is 21.2 Å². The SMILES string of the molecule is C[C@@H](C(=O)Nc1ccc(Br)cc1)N1C(=O)[C@H]2CC(Cl)=CC[C@H]2C1=O. The molecule has 7 heteroatoms. The van der Waals surface area contributed by atoms with Gasteiger partial charge < -0.3 is 5.32 Å². The first-order chi connectivity index (χ1) is 11.4. The first kappa shape index (κ1) is 17.2. The lowest BCUT2D eigenvalue weighted by Crippen LogP contribution is -2.46. The number of rotatable bonds is 3. The van der Waals surface area contributed by atoms with Gasteiger partial charge in [0.2, 0.25) is 17.7 Å². The molecule has 126 valence electrons. The average molecular weight is 412 g/mol. The van der Waals surface area contributed by atoms with E-state index in [9.17, 15) is 14.4 Å². The van der Waals surface area contributed by atoms with Crippen molar-refractivity contribution >= 4 is 50.9 Å². The Kier molecular flexibility index (Phi) is 4.78. The molecule has 1 aromatic carbocycles. The molecule has 1 aliphatic carbocycles. The third-order valence-corrected chi connectivity index (χ3v) is 5.32. The Balaban J connectivity index is 1.74. The van der Waals surface area contributed by atoms with E-state index in [-0.39, 0.29) is 11.8 Å². The third kappa shape index (κ3) is 3.13. The van der Waals surface area contributed by atoms with Crippen molar-refractivity contribution in [3.8, 4) is 0 Å². The number of allylic oxidation sites excluding steroid dienone is 2. The second-order valence-corrected chi connectivity index (χ2v) is 7.42. The number of carbonyl (C=O) groups excluding carboxylic acids is 3. The molecule has 2 aliphatic rings. The van der Waals surface area contributed by atoms with Crippen LogP contribution in [0.4, 0.5) is 5.69 Å². The van der Waals surface area contributed by atoms with E-state index >= 15 is 0 Å². The van der Waals surface area contributed by atoms with Crippen molar-refractivity contribution in [2.75, 3.05) is 5.32 Å². The van der Waals surface area contributed by atoms with Crippen LogP contribution >= 0.6 is 27.5 Å². The minimum absolute atomic E-state index is 0.288. The van der Waals surface area contributed by atoms with Crippen LogP contribution in [0.15, 0.2) is 39.8 Å². The lowest BCUT2D eigenvalue weighted by Gasteiger charge is -2.22. The van der Waals surface area contributed by atoms with Gasteiger partial charge in [0.15, 0.2) is 0 Å². The Bertz CT molecular complexity index is 732. The van der Waals surface area contributed by atoms with Gasteiger partial charge in [-0.1, -0.05) is 33.6 Å². The number of benzene rings is 1. The molecular weight excluding hydrogens is 396 g/mol. The zero-order valence-electron chi connectivity index (χ0n) is 13.0. The Morgan fingerprint density at radius 2 is 1.88 bits per heavy atom. The van der Waals surface area contributed by atoms with Gasteiger partial charge in [0, 0.05) is 15.2 Å². The number of likely N-dealkylation sites (tertiary alicyclic amines) is 1. The quantitative estimate of drug-likeness (QED) is 0.776. The van der Waals surface area contributed by atoms with Gasteiger partial charge in [0.25, 0.3) is 0 Å². The highest BCUT2D eigenvalue weighted by atomic mass is 79.9. The van der Waals surface area contributed by atoms with E-state index in [1.807, 2.05) is 0 Å². The predicted octanol–water partition coefficient (Wildman–Crippen LogP) is 3.29. The molecule has 3 amide bonds. The predicted molar refractivity (Wildman–Crippen MR) is 94.2 cm³/mol. The highest BCUT2D eigenvalue weighted by Crippen LogP contribution is 2.39. The van der Waals surface area contributed by atoms with Crippen LogP contribution in [-0.4, -0.2) is 28.7 Å². The fourth-order valence-electron chi connectivity index (χ4n) is 3.13. The largest absolute Gasteiger partial charge is 0.324 e. The molecule has 0 bridgehead atoms. The van der Waals surface area contributed by atoms with Gasteiger partial charge in [-0.25, -0.2) is 0 Å². The number of amides is 3. The Labute approximate surface area is 153 Å². The molecule has 3 atom stereocenters. The van der Waals surface area contributed by atoms with Crippen molar-refractivity contribution in [1.29, 1.82) is 0 Å². The molecule has 3 rings (SSSR count). The van der Waals surface area contributed by atoms with Crippen molar-refractivity contribution < 1.29 is 14.4 Å². The summed E-state index contributed by atoms with van der Waals surface area (Å²) in [6.07, 6.45) is 2.60. The summed E-state index contributed by atoms with van der Waals surface area (Å²) in [6, 6.07) is 6.22. The molecule has 0 aromatic heterocycles. The molecule has 1 fully saturated rings. The van der Waals surface area contributed by atoms with Gasteiger partial charge in [-0.2, -0.15) is 0 Å². The lowest BCUT2D eigenvalue weighted by atomic mass is 9.85. The number of anilines is 1. The van der Waals surface area contributed by atoms with Gasteiger partial charge in [0.05, 0.1) is 11.8 Å². The van der Waals surface area contributed by atoms with Gasteiger partial charge in [-0.05, 0) is 44.0 Å². The Morgan fingerprint density at radius 1 is 1.25 bits per heavy atom. The molecule has 1 aliphatic heterocycles. The number of hydrogen-bond donors (Lipinski definition) is 1. The van der Waals surface area contributed by atoms with Crippen LogP contribution < -0.4 is 5.32 Å². The topological polar surface area (TPSA) is 66.5 Å². The van der Waals surface area contributed by atoms with E-state index in [0.717, 1.165) is 9.37 Å². The molecule has 1 aromatic rings. The Morgan fingerprint density at radius 3 is 2.54 bits per heavy atom. The summed E-state index contributed by atoms with van der Waals surface area (Å²) in [6.45, 7) is 1.57. The first-order valence-corrected chi connectivity index (χ1v) is 8.83. The first-order valence-electron chi connectivity index (χ1n) is 7.66. The molecule has 1 saturated heterocycles. The van der Waals surface area contributed by atoms with E-state index in [0.29, 0.717) is 23.6 Å². The summed E-state index contributed by atoms with van der Waals surface area (Å²) in [5, 5.41) is 3.34. The highest BCUT2D eigenvalue weighted by Gasteiger charge is 2.51. The standard InChI is InChI=1S/C17H16BrClN2O3/c1-9(15(22)20-12-5-2-10(18)3-6-12)21-16(23)13-7-4-11(19)8-14(13)17(21)24/h2-6,9,13-14H,7-8H2,1H3,(H,20,22)/t9-,13+,14-/m0/s1. The molecule has 24 heavy (non-hydrogen) atoms. The maximum Gasteiger partial charge on any atom is 0.247 e. The number of fused-ring (bicyclic) bond motifs is 1. The number of halogens is 2. The van der Waals surface area contributed by atoms with Crippen molar-refractivity contribution in [1.82, 2.24) is 4.90 Å². The maximum atomic E-state index is 12.6. The zero-order valence-corrected chi connectivity index (χ0v) is 15.3. The molecule has 0 saturated carbocycles. The summed E-state index contributed by atoms with van der Waals surface area (Å²) >= 11 is 9.33. The van der Waals surface area contributed by atoms with Crippen LogP contribution in [-0.2, 0) is 14.4 Å². The zero-order chi connectivity index (χ0) is 17.4. The second kappa shape index (κ2) is 6.69. The van der Waals surface area contributed by atoms with Crippen molar-refractivity contribution in [2.45, 2.75) is 25.8 Å². The highest BCUT2D eigenvalue weighted by molar-refractivity contribution is 9.10. The maximum absolute atomic E-state index is 12.6. The Hall–Kier alpha value is -1.66. The van der Waals surface area contributed by atoms with Crippen LogP contribution in [0.2, 0.25) is 0 Å². The minimum atomic E-state index is -0.863. The van der Waals surface area contributed by atoms with Crippen molar-refractivity contribution in [3.63, 3.8) is 0 Å². The lowest BCUT2D eigenvalue weighted by molar-refractivity contribution is -0.146. The molecule has 5 nitrogen and oxygen atoms in total. The normalized spacial score (nSPS) is 24.5. The summed E-state index contributed by atoms with van der Waals surface area (Å²) in [4.78, 5) is 38.6. The number of carbonyl (C=O) groups is 3. The van der Waals surface area contributed by atoms with Gasteiger partial charge in [0.1, 0.15) is 6.04 Å². The number of hydrogen-bond acceptors (Lipinski definition) is 3. The number of nitrogens with one attached hydrogen (secondary N) is 1. The summed E-state index contributed by atoms with van der Waals surface area (Å²) in [5.74, 6) is -1.84. The van der Waals surface area contributed by atoms with Crippen LogP contribution in [0.5, 0.6) is 0 Å². The molecular formula is C17H16BrClN2O3. The summed E-state index contributed by atoms with van der Waals surface area (Å²) < 4.78 is 0.895. The fourth-order valence-corrected chi connectivity index (χ4v) is 3.65.